The first-order valence-corrected chi connectivity index (χ1v) is 11.3. The van der Waals surface area contributed by atoms with Gasteiger partial charge in [0.2, 0.25) is 5.91 Å². The highest BCUT2D eigenvalue weighted by atomic mass is 32.2. The van der Waals surface area contributed by atoms with Crippen LogP contribution in [0.4, 0.5) is 0 Å². The molecule has 0 aliphatic carbocycles. The Kier molecular flexibility index (Phi) is 8.20. The predicted molar refractivity (Wildman–Crippen MR) is 128 cm³/mol. The molecule has 0 saturated heterocycles. The van der Waals surface area contributed by atoms with E-state index in [-0.39, 0.29) is 11.2 Å². The van der Waals surface area contributed by atoms with Crippen LogP contribution in [0.5, 0.6) is 11.5 Å². The van der Waals surface area contributed by atoms with Crippen LogP contribution in [0.15, 0.2) is 77.7 Å². The van der Waals surface area contributed by atoms with E-state index in [1.54, 1.807) is 26.0 Å². The lowest BCUT2D eigenvalue weighted by Gasteiger charge is -2.29. The van der Waals surface area contributed by atoms with Gasteiger partial charge in [-0.2, -0.15) is 0 Å². The molecule has 0 aliphatic rings. The van der Waals surface area contributed by atoms with Crippen molar-refractivity contribution in [3.8, 4) is 22.6 Å². The number of carbonyl (C=O) groups excluding carboxylic acids is 1. The second kappa shape index (κ2) is 11.1. The summed E-state index contributed by atoms with van der Waals surface area (Å²) in [5, 5.41) is 9.20. The predicted octanol–water partition coefficient (Wildman–Crippen LogP) is 5.98. The third kappa shape index (κ3) is 5.44. The van der Waals surface area contributed by atoms with E-state index >= 15 is 0 Å². The number of benzene rings is 3. The number of rotatable bonds is 9. The number of hydroxylamine groups is 1. The van der Waals surface area contributed by atoms with E-state index < -0.39 is 11.8 Å². The van der Waals surface area contributed by atoms with E-state index in [2.05, 4.69) is 36.4 Å². The van der Waals surface area contributed by atoms with Crippen LogP contribution in [-0.2, 0) is 4.79 Å². The summed E-state index contributed by atoms with van der Waals surface area (Å²) in [4.78, 5) is 13.6. The molecular formula is C26H29NO4S. The molecule has 2 N–H and O–H groups in total. The number of hydrogen-bond donors (Lipinski definition) is 2. The fourth-order valence-electron chi connectivity index (χ4n) is 3.75. The zero-order valence-corrected chi connectivity index (χ0v) is 19.6. The van der Waals surface area contributed by atoms with Crippen molar-refractivity contribution in [1.82, 2.24) is 5.48 Å². The first-order valence-electron chi connectivity index (χ1n) is 10.5. The lowest BCUT2D eigenvalue weighted by molar-refractivity contribution is -0.134. The summed E-state index contributed by atoms with van der Waals surface area (Å²) in [6, 6.07) is 24.1. The third-order valence-corrected chi connectivity index (χ3v) is 6.77. The molecule has 1 amide bonds. The number of amides is 1. The van der Waals surface area contributed by atoms with Crippen LogP contribution in [0.2, 0.25) is 0 Å². The van der Waals surface area contributed by atoms with E-state index in [0.717, 1.165) is 21.6 Å². The molecule has 0 aromatic heterocycles. The summed E-state index contributed by atoms with van der Waals surface area (Å²) in [5.41, 5.74) is 5.11. The van der Waals surface area contributed by atoms with Gasteiger partial charge in [0.1, 0.15) is 0 Å². The Bertz CT molecular complexity index is 1020. The zero-order chi connectivity index (χ0) is 23.1. The highest BCUT2D eigenvalue weighted by Crippen LogP contribution is 2.45. The van der Waals surface area contributed by atoms with Gasteiger partial charge in [0.25, 0.3) is 0 Å². The van der Waals surface area contributed by atoms with Gasteiger partial charge in [0.15, 0.2) is 11.5 Å². The van der Waals surface area contributed by atoms with Gasteiger partial charge in [-0.3, -0.25) is 10.0 Å². The molecule has 0 heterocycles. The minimum absolute atomic E-state index is 0.00796. The Balaban J connectivity index is 2.00. The van der Waals surface area contributed by atoms with Crippen LogP contribution in [0.3, 0.4) is 0 Å². The smallest absolute Gasteiger partial charge is 0.248 e. The van der Waals surface area contributed by atoms with Crippen molar-refractivity contribution >= 4 is 17.7 Å². The van der Waals surface area contributed by atoms with Crippen molar-refractivity contribution in [2.45, 2.75) is 24.0 Å². The second-order valence-corrected chi connectivity index (χ2v) is 9.00. The van der Waals surface area contributed by atoms with Crippen LogP contribution in [0.25, 0.3) is 11.1 Å². The van der Waals surface area contributed by atoms with Crippen LogP contribution < -0.4 is 15.0 Å². The van der Waals surface area contributed by atoms with Crippen LogP contribution in [0.1, 0.15) is 24.7 Å². The van der Waals surface area contributed by atoms with Crippen molar-refractivity contribution in [2.75, 3.05) is 14.2 Å². The molecule has 0 radical (unpaired) electrons. The molecule has 2 unspecified atom stereocenters. The zero-order valence-electron chi connectivity index (χ0n) is 18.7. The summed E-state index contributed by atoms with van der Waals surface area (Å²) in [7, 11) is 3.20. The van der Waals surface area contributed by atoms with Gasteiger partial charge >= 0.3 is 0 Å². The molecule has 5 nitrogen and oxygen atoms in total. The Hall–Kier alpha value is -2.96. The number of carbonyl (C=O) groups is 1. The maximum absolute atomic E-state index is 12.7. The van der Waals surface area contributed by atoms with E-state index in [1.807, 2.05) is 55.7 Å². The fourth-order valence-corrected chi connectivity index (χ4v) is 5.24. The highest BCUT2D eigenvalue weighted by molar-refractivity contribution is 7.99. The van der Waals surface area contributed by atoms with Gasteiger partial charge in [-0.1, -0.05) is 68.4 Å². The number of ether oxygens (including phenoxy) is 2. The van der Waals surface area contributed by atoms with Crippen molar-refractivity contribution in [3.63, 3.8) is 0 Å². The first kappa shape index (κ1) is 23.7. The third-order valence-electron chi connectivity index (χ3n) is 5.42. The summed E-state index contributed by atoms with van der Waals surface area (Å²) in [6.45, 7) is 3.97. The number of hydrogen-bond acceptors (Lipinski definition) is 5. The average molecular weight is 452 g/mol. The molecule has 3 aromatic carbocycles. The van der Waals surface area contributed by atoms with Crippen LogP contribution >= 0.6 is 11.8 Å². The van der Waals surface area contributed by atoms with E-state index in [1.165, 1.54) is 0 Å². The molecule has 0 fully saturated rings. The summed E-state index contributed by atoms with van der Waals surface area (Å²) >= 11 is 1.56. The number of methoxy groups -OCH3 is 2. The van der Waals surface area contributed by atoms with Crippen LogP contribution in [0, 0.1) is 11.8 Å². The number of thioether (sulfide) groups is 1. The molecule has 0 spiro atoms. The van der Waals surface area contributed by atoms with Crippen molar-refractivity contribution in [2.24, 2.45) is 11.8 Å². The van der Waals surface area contributed by atoms with E-state index in [4.69, 9.17) is 9.47 Å². The minimum Gasteiger partial charge on any atom is -0.493 e. The molecule has 168 valence electrons. The van der Waals surface area contributed by atoms with Gasteiger partial charge in [-0.05, 0) is 40.8 Å². The second-order valence-electron chi connectivity index (χ2n) is 7.79. The first-order chi connectivity index (χ1) is 15.5. The molecule has 6 heteroatoms. The molecule has 0 bridgehead atoms. The van der Waals surface area contributed by atoms with Crippen molar-refractivity contribution in [3.05, 3.63) is 78.4 Å². The van der Waals surface area contributed by atoms with Crippen LogP contribution in [-0.4, -0.2) is 25.3 Å². The van der Waals surface area contributed by atoms with Gasteiger partial charge in [0, 0.05) is 10.1 Å². The summed E-state index contributed by atoms with van der Waals surface area (Å²) < 4.78 is 10.8. The lowest BCUT2D eigenvalue weighted by Crippen LogP contribution is -2.34. The van der Waals surface area contributed by atoms with E-state index in [0.29, 0.717) is 11.5 Å². The van der Waals surface area contributed by atoms with Gasteiger partial charge < -0.3 is 9.47 Å². The normalized spacial score (nSPS) is 12.8. The fraction of sp³-hybridized carbons (Fsp3) is 0.269. The van der Waals surface area contributed by atoms with Crippen molar-refractivity contribution in [1.29, 1.82) is 0 Å². The maximum Gasteiger partial charge on any atom is 0.248 e. The Morgan fingerprint density at radius 3 is 2.06 bits per heavy atom. The van der Waals surface area contributed by atoms with E-state index in [9.17, 15) is 10.0 Å². The average Bonchev–Trinajstić information content (AvgIpc) is 2.83. The Morgan fingerprint density at radius 2 is 1.50 bits per heavy atom. The maximum atomic E-state index is 12.7. The standard InChI is InChI=1S/C26H29NO4S/c1-17(2)24(26(28)27-29)25(32-21-14-15-22(30-3)23(16-21)31-4)20-12-10-19(11-13-20)18-8-6-5-7-9-18/h5-17,24-25,29H,1-4H3,(H,27,28). The number of nitrogens with one attached hydrogen (secondary N) is 1. The Labute approximate surface area is 193 Å². The monoisotopic (exact) mass is 451 g/mol. The van der Waals surface area contributed by atoms with Gasteiger partial charge in [-0.15, -0.1) is 11.8 Å². The summed E-state index contributed by atoms with van der Waals surface area (Å²) in [6.07, 6.45) is 0. The SMILES string of the molecule is COc1ccc(SC(c2ccc(-c3ccccc3)cc2)C(C(=O)NO)C(C)C)cc1OC. The van der Waals surface area contributed by atoms with Gasteiger partial charge in [-0.25, -0.2) is 5.48 Å². The Morgan fingerprint density at radius 1 is 0.875 bits per heavy atom. The largest absolute Gasteiger partial charge is 0.493 e. The topological polar surface area (TPSA) is 67.8 Å². The molecular weight excluding hydrogens is 422 g/mol. The quantitative estimate of drug-likeness (QED) is 0.238. The molecule has 3 aromatic rings. The van der Waals surface area contributed by atoms with Crippen molar-refractivity contribution < 1.29 is 19.5 Å². The highest BCUT2D eigenvalue weighted by Gasteiger charge is 2.33. The minimum atomic E-state index is -0.444. The molecule has 3 rings (SSSR count). The molecule has 0 aliphatic heterocycles. The molecule has 2 atom stereocenters. The molecule has 32 heavy (non-hydrogen) atoms. The van der Waals surface area contributed by atoms with Gasteiger partial charge in [0.05, 0.1) is 20.1 Å². The summed E-state index contributed by atoms with van der Waals surface area (Å²) in [5.74, 6) is 0.442. The molecule has 0 saturated carbocycles. The lowest BCUT2D eigenvalue weighted by atomic mass is 9.87.